The van der Waals surface area contributed by atoms with Gasteiger partial charge in [0.15, 0.2) is 0 Å². The second-order valence-electron chi connectivity index (χ2n) is 6.62. The monoisotopic (exact) mass is 292 g/mol. The lowest BCUT2D eigenvalue weighted by atomic mass is 9.88. The molecule has 3 heteroatoms. The predicted molar refractivity (Wildman–Crippen MR) is 86.4 cm³/mol. The Hall–Kier alpha value is -0.730. The number of hydrogen-bond acceptors (Lipinski definition) is 2. The van der Waals surface area contributed by atoms with Gasteiger partial charge in [0, 0.05) is 30.8 Å². The molecule has 0 spiro atoms. The number of nitrogens with zero attached hydrogens (tertiary/aromatic N) is 1. The van der Waals surface area contributed by atoms with Gasteiger partial charge in [0.25, 0.3) is 0 Å². The molecule has 20 heavy (non-hydrogen) atoms. The van der Waals surface area contributed by atoms with Gasteiger partial charge in [-0.2, -0.15) is 0 Å². The number of rotatable bonds is 5. The van der Waals surface area contributed by atoms with Gasteiger partial charge in [-0.05, 0) is 61.8 Å². The Labute approximate surface area is 127 Å². The van der Waals surface area contributed by atoms with E-state index in [4.69, 9.17) is 11.6 Å². The molecule has 0 saturated heterocycles. The van der Waals surface area contributed by atoms with Gasteiger partial charge in [0.05, 0.1) is 0 Å². The average molecular weight is 293 g/mol. The highest BCUT2D eigenvalue weighted by Crippen LogP contribution is 2.48. The maximum absolute atomic E-state index is 6.37. The summed E-state index contributed by atoms with van der Waals surface area (Å²) >= 11 is 6.37. The lowest BCUT2D eigenvalue weighted by Gasteiger charge is -2.29. The topological polar surface area (TPSA) is 15.3 Å². The van der Waals surface area contributed by atoms with Crippen LogP contribution in [-0.2, 0) is 6.54 Å². The fourth-order valence-corrected chi connectivity index (χ4v) is 4.41. The number of hydrogen-bond donors (Lipinski definition) is 1. The highest BCUT2D eigenvalue weighted by atomic mass is 35.5. The van der Waals surface area contributed by atoms with Crippen LogP contribution in [0.3, 0.4) is 0 Å². The molecule has 2 aliphatic rings. The number of fused-ring (bicyclic) bond motifs is 2. The van der Waals surface area contributed by atoms with Gasteiger partial charge in [-0.1, -0.05) is 24.1 Å². The Kier molecular flexibility index (Phi) is 4.23. The van der Waals surface area contributed by atoms with Gasteiger partial charge in [0.1, 0.15) is 0 Å². The Bertz CT molecular complexity index is 474. The predicted octanol–water partition coefficient (Wildman–Crippen LogP) is 3.93. The number of anilines is 1. The van der Waals surface area contributed by atoms with E-state index >= 15 is 0 Å². The van der Waals surface area contributed by atoms with Crippen molar-refractivity contribution >= 4 is 17.3 Å². The Morgan fingerprint density at radius 1 is 1.30 bits per heavy atom. The van der Waals surface area contributed by atoms with Crippen molar-refractivity contribution in [2.24, 2.45) is 17.8 Å². The van der Waals surface area contributed by atoms with E-state index in [0.29, 0.717) is 0 Å². The van der Waals surface area contributed by atoms with Crippen LogP contribution in [0.15, 0.2) is 18.2 Å². The third kappa shape index (κ3) is 2.82. The molecule has 2 bridgehead atoms. The Morgan fingerprint density at radius 3 is 2.75 bits per heavy atom. The van der Waals surface area contributed by atoms with Crippen molar-refractivity contribution in [2.75, 3.05) is 25.5 Å². The summed E-state index contributed by atoms with van der Waals surface area (Å²) in [6.07, 6.45) is 5.88. The Morgan fingerprint density at radius 2 is 2.15 bits per heavy atom. The smallest absolute Gasteiger partial charge is 0.0471 e. The van der Waals surface area contributed by atoms with Crippen LogP contribution in [-0.4, -0.2) is 20.6 Å². The molecular formula is C17H25ClN2. The van der Waals surface area contributed by atoms with Crippen LogP contribution < -0.4 is 10.2 Å². The molecule has 3 atom stereocenters. The lowest BCUT2D eigenvalue weighted by Crippen LogP contribution is -2.28. The highest BCUT2D eigenvalue weighted by molar-refractivity contribution is 6.31. The molecule has 0 heterocycles. The minimum Gasteiger partial charge on any atom is -0.374 e. The van der Waals surface area contributed by atoms with Crippen molar-refractivity contribution in [3.05, 3.63) is 28.8 Å². The number of nitrogens with one attached hydrogen (secondary N) is 1. The molecule has 3 unspecified atom stereocenters. The molecular weight excluding hydrogens is 268 g/mol. The second-order valence-corrected chi connectivity index (χ2v) is 7.03. The first-order valence-electron chi connectivity index (χ1n) is 7.81. The molecule has 3 rings (SSSR count). The van der Waals surface area contributed by atoms with Crippen LogP contribution in [0.5, 0.6) is 0 Å². The van der Waals surface area contributed by atoms with Gasteiger partial charge in [-0.15, -0.1) is 0 Å². The standard InChI is InChI=1S/C17H25ClN2/c1-19-10-14-5-6-16(9-17(14)18)20(2)11-15-8-12-3-4-13(15)7-12/h5-6,9,12-13,15,19H,3-4,7-8,10-11H2,1-2H3. The maximum Gasteiger partial charge on any atom is 0.0471 e. The van der Waals surface area contributed by atoms with Crippen LogP contribution in [0, 0.1) is 17.8 Å². The summed E-state index contributed by atoms with van der Waals surface area (Å²) in [4.78, 5) is 2.39. The quantitative estimate of drug-likeness (QED) is 0.884. The molecule has 1 N–H and O–H groups in total. The van der Waals surface area contributed by atoms with Crippen LogP contribution in [0.1, 0.15) is 31.2 Å². The van der Waals surface area contributed by atoms with E-state index in [1.165, 1.54) is 43.5 Å². The molecule has 0 aliphatic heterocycles. The minimum atomic E-state index is 0.829. The molecule has 2 aliphatic carbocycles. The SMILES string of the molecule is CNCc1ccc(N(C)CC2CC3CCC2C3)cc1Cl. The van der Waals surface area contributed by atoms with E-state index in [1.54, 1.807) is 0 Å². The summed E-state index contributed by atoms with van der Waals surface area (Å²) in [6.45, 7) is 2.01. The van der Waals surface area contributed by atoms with Crippen LogP contribution >= 0.6 is 11.6 Å². The summed E-state index contributed by atoms with van der Waals surface area (Å²) in [5, 5.41) is 4.02. The normalized spacial score (nSPS) is 28.1. The van der Waals surface area contributed by atoms with Gasteiger partial charge in [-0.3, -0.25) is 0 Å². The lowest BCUT2D eigenvalue weighted by molar-refractivity contribution is 0.337. The second kappa shape index (κ2) is 5.95. The van der Waals surface area contributed by atoms with Crippen LogP contribution in [0.2, 0.25) is 5.02 Å². The van der Waals surface area contributed by atoms with Gasteiger partial charge in [-0.25, -0.2) is 0 Å². The Balaban J connectivity index is 1.65. The first-order chi connectivity index (χ1) is 9.67. The van der Waals surface area contributed by atoms with E-state index in [9.17, 15) is 0 Å². The molecule has 2 fully saturated rings. The maximum atomic E-state index is 6.37. The van der Waals surface area contributed by atoms with Gasteiger partial charge in [0.2, 0.25) is 0 Å². The van der Waals surface area contributed by atoms with Crippen LogP contribution in [0.25, 0.3) is 0 Å². The number of benzene rings is 1. The number of halogens is 1. The van der Waals surface area contributed by atoms with Crippen molar-refractivity contribution in [3.8, 4) is 0 Å². The third-order valence-corrected chi connectivity index (χ3v) is 5.59. The molecule has 1 aromatic carbocycles. The summed E-state index contributed by atoms with van der Waals surface area (Å²) in [7, 11) is 4.15. The van der Waals surface area contributed by atoms with Crippen molar-refractivity contribution in [1.82, 2.24) is 5.32 Å². The molecule has 2 saturated carbocycles. The zero-order chi connectivity index (χ0) is 14.1. The fourth-order valence-electron chi connectivity index (χ4n) is 4.16. The zero-order valence-electron chi connectivity index (χ0n) is 12.5. The first kappa shape index (κ1) is 14.2. The molecule has 0 amide bonds. The largest absolute Gasteiger partial charge is 0.374 e. The van der Waals surface area contributed by atoms with Crippen molar-refractivity contribution in [1.29, 1.82) is 0 Å². The molecule has 110 valence electrons. The van der Waals surface area contributed by atoms with E-state index in [2.05, 4.69) is 35.5 Å². The van der Waals surface area contributed by atoms with Gasteiger partial charge >= 0.3 is 0 Å². The van der Waals surface area contributed by atoms with Crippen molar-refractivity contribution in [2.45, 2.75) is 32.2 Å². The van der Waals surface area contributed by atoms with Crippen LogP contribution in [0.4, 0.5) is 5.69 Å². The highest BCUT2D eigenvalue weighted by Gasteiger charge is 2.39. The summed E-state index contributed by atoms with van der Waals surface area (Å²) < 4.78 is 0. The van der Waals surface area contributed by atoms with E-state index in [-0.39, 0.29) is 0 Å². The van der Waals surface area contributed by atoms with Gasteiger partial charge < -0.3 is 10.2 Å². The first-order valence-corrected chi connectivity index (χ1v) is 8.19. The average Bonchev–Trinajstić information content (AvgIpc) is 3.03. The van der Waals surface area contributed by atoms with Crippen molar-refractivity contribution < 1.29 is 0 Å². The molecule has 0 radical (unpaired) electrons. The third-order valence-electron chi connectivity index (χ3n) is 5.24. The minimum absolute atomic E-state index is 0.829. The summed E-state index contributed by atoms with van der Waals surface area (Å²) in [5.41, 5.74) is 2.42. The fraction of sp³-hybridized carbons (Fsp3) is 0.647. The molecule has 1 aromatic rings. The summed E-state index contributed by atoms with van der Waals surface area (Å²) in [5.74, 6) is 2.91. The van der Waals surface area contributed by atoms with E-state index in [1.807, 2.05) is 7.05 Å². The van der Waals surface area contributed by atoms with Crippen molar-refractivity contribution in [3.63, 3.8) is 0 Å². The zero-order valence-corrected chi connectivity index (χ0v) is 13.3. The summed E-state index contributed by atoms with van der Waals surface area (Å²) in [6, 6.07) is 6.46. The molecule has 2 nitrogen and oxygen atoms in total. The van der Waals surface area contributed by atoms with E-state index < -0.39 is 0 Å². The molecule has 0 aromatic heterocycles. The van der Waals surface area contributed by atoms with E-state index in [0.717, 1.165) is 29.3 Å².